The highest BCUT2D eigenvalue weighted by atomic mass is 16.7. The summed E-state index contributed by atoms with van der Waals surface area (Å²) >= 11 is 0. The van der Waals surface area contributed by atoms with E-state index in [4.69, 9.17) is 15.2 Å². The minimum absolute atomic E-state index is 0.219. The summed E-state index contributed by atoms with van der Waals surface area (Å²) in [5.41, 5.74) is 10.2. The number of fused-ring (bicyclic) bond motifs is 1. The lowest BCUT2D eigenvalue weighted by atomic mass is 9.72. The monoisotopic (exact) mass is 552 g/mol. The van der Waals surface area contributed by atoms with E-state index in [1.165, 1.54) is 47.8 Å². The van der Waals surface area contributed by atoms with E-state index in [0.717, 1.165) is 31.3 Å². The molecule has 1 aromatic carbocycles. The standard InChI is InChI=1S/C27H38N4O2.C3H8N2.C2H6/c1-18(25-14-28-19(2)29-25)24-13-21-12-20(6-7-23(21)30-24)15-31(5)22-8-10-27(11-9-22)16-32-26(3,4)33-17-27;1-3(4)5-2;1-2/h6-7,12-14,18,22,30H,8-11,15-17H2,1-5H3,(H,28,29);1-2H3,(H2,4,5);1-2H3. The van der Waals surface area contributed by atoms with Crippen LogP contribution in [-0.4, -0.2) is 64.8 Å². The molecule has 40 heavy (non-hydrogen) atoms. The van der Waals surface area contributed by atoms with Crippen LogP contribution in [0.25, 0.3) is 10.9 Å². The van der Waals surface area contributed by atoms with Crippen molar-refractivity contribution in [1.82, 2.24) is 19.9 Å². The van der Waals surface area contributed by atoms with Crippen molar-refractivity contribution < 1.29 is 9.47 Å². The molecular weight excluding hydrogens is 500 g/mol. The molecule has 1 aliphatic heterocycles. The molecule has 1 unspecified atom stereocenters. The van der Waals surface area contributed by atoms with E-state index in [1.54, 1.807) is 14.0 Å². The number of H-pyrrole nitrogens is 2. The molecule has 3 heterocycles. The third-order valence-electron chi connectivity index (χ3n) is 8.24. The smallest absolute Gasteiger partial charge is 0.162 e. The van der Waals surface area contributed by atoms with Gasteiger partial charge in [-0.25, -0.2) is 4.98 Å². The van der Waals surface area contributed by atoms with Crippen molar-refractivity contribution in [3.8, 4) is 0 Å². The summed E-state index contributed by atoms with van der Waals surface area (Å²) in [7, 11) is 3.93. The molecule has 8 heteroatoms. The minimum atomic E-state index is -0.426. The lowest BCUT2D eigenvalue weighted by Gasteiger charge is -2.48. The number of aromatic amines is 2. The number of hydrogen-bond acceptors (Lipinski definition) is 5. The van der Waals surface area contributed by atoms with E-state index in [-0.39, 0.29) is 11.3 Å². The number of benzene rings is 1. The highest BCUT2D eigenvalue weighted by Gasteiger charge is 2.43. The Kier molecular flexibility index (Phi) is 11.0. The zero-order chi connectivity index (χ0) is 29.5. The van der Waals surface area contributed by atoms with Gasteiger partial charge in [0.25, 0.3) is 0 Å². The molecular formula is C32H52N6O2. The number of amidine groups is 1. The molecule has 5 rings (SSSR count). The van der Waals surface area contributed by atoms with Gasteiger partial charge in [0.1, 0.15) is 5.82 Å². The van der Waals surface area contributed by atoms with E-state index in [9.17, 15) is 0 Å². The van der Waals surface area contributed by atoms with Gasteiger partial charge < -0.3 is 25.2 Å². The molecule has 1 saturated carbocycles. The van der Waals surface area contributed by atoms with Gasteiger partial charge >= 0.3 is 0 Å². The Hall–Kier alpha value is -2.68. The maximum atomic E-state index is 5.99. The second kappa shape index (κ2) is 13.8. The molecule has 0 bridgehead atoms. The van der Waals surface area contributed by atoms with Crippen molar-refractivity contribution in [3.63, 3.8) is 0 Å². The van der Waals surface area contributed by atoms with E-state index < -0.39 is 5.79 Å². The molecule has 2 aliphatic rings. The Balaban J connectivity index is 0.000000570. The average molecular weight is 553 g/mol. The second-order valence-corrected chi connectivity index (χ2v) is 11.8. The first-order valence-electron chi connectivity index (χ1n) is 14.8. The maximum absolute atomic E-state index is 5.99. The predicted octanol–water partition coefficient (Wildman–Crippen LogP) is 6.51. The number of ether oxygens (including phenoxy) is 2. The summed E-state index contributed by atoms with van der Waals surface area (Å²) in [4.78, 5) is 17.4. The highest BCUT2D eigenvalue weighted by molar-refractivity contribution is 5.81. The van der Waals surface area contributed by atoms with Crippen molar-refractivity contribution in [2.45, 2.75) is 98.4 Å². The molecule has 2 fully saturated rings. The number of aryl methyl sites for hydroxylation is 1. The first kappa shape index (κ1) is 31.8. The van der Waals surface area contributed by atoms with E-state index in [0.29, 0.717) is 11.9 Å². The molecule has 1 aliphatic carbocycles. The van der Waals surface area contributed by atoms with Gasteiger partial charge in [-0.2, -0.15) is 0 Å². The average Bonchev–Trinajstić information content (AvgIpc) is 3.58. The molecule has 1 saturated heterocycles. The summed E-state index contributed by atoms with van der Waals surface area (Å²) < 4.78 is 12.0. The van der Waals surface area contributed by atoms with Crippen LogP contribution in [0.2, 0.25) is 0 Å². The predicted molar refractivity (Wildman–Crippen MR) is 166 cm³/mol. The first-order valence-corrected chi connectivity index (χ1v) is 14.8. The van der Waals surface area contributed by atoms with Crippen LogP contribution in [0.3, 0.4) is 0 Å². The lowest BCUT2D eigenvalue weighted by molar-refractivity contribution is -0.290. The van der Waals surface area contributed by atoms with Crippen LogP contribution in [0.15, 0.2) is 35.5 Å². The van der Waals surface area contributed by atoms with Gasteiger partial charge in [0, 0.05) is 54.1 Å². The van der Waals surface area contributed by atoms with Crippen LogP contribution >= 0.6 is 0 Å². The topological polar surface area (TPSA) is 105 Å². The zero-order valence-corrected chi connectivity index (χ0v) is 26.2. The van der Waals surface area contributed by atoms with Crippen molar-refractivity contribution in [3.05, 3.63) is 53.2 Å². The fraction of sp³-hybridized carbons (Fsp3) is 0.625. The number of imidazole rings is 1. The Bertz CT molecular complexity index is 1220. The number of nitrogens with zero attached hydrogens (tertiary/aromatic N) is 3. The Morgan fingerprint density at radius 2 is 1.75 bits per heavy atom. The maximum Gasteiger partial charge on any atom is 0.162 e. The number of aromatic nitrogens is 3. The van der Waals surface area contributed by atoms with Crippen molar-refractivity contribution in [1.29, 1.82) is 0 Å². The number of aliphatic imine (C=N–C) groups is 1. The van der Waals surface area contributed by atoms with Gasteiger partial charge in [-0.05, 0) is 89.6 Å². The van der Waals surface area contributed by atoms with Crippen molar-refractivity contribution in [2.75, 3.05) is 27.3 Å². The summed E-state index contributed by atoms with van der Waals surface area (Å²) in [6, 6.07) is 9.73. The van der Waals surface area contributed by atoms with Crippen molar-refractivity contribution >= 4 is 16.7 Å². The number of hydrogen-bond donors (Lipinski definition) is 3. The van der Waals surface area contributed by atoms with E-state index in [2.05, 4.69) is 63.1 Å². The fourth-order valence-corrected chi connectivity index (χ4v) is 5.46. The normalized spacial score (nSPS) is 19.6. The van der Waals surface area contributed by atoms with Gasteiger partial charge in [0.2, 0.25) is 0 Å². The van der Waals surface area contributed by atoms with Crippen LogP contribution in [0.5, 0.6) is 0 Å². The number of nitrogens with one attached hydrogen (secondary N) is 2. The summed E-state index contributed by atoms with van der Waals surface area (Å²) in [5.74, 6) is 1.42. The molecule has 4 N–H and O–H groups in total. The molecule has 1 spiro atoms. The van der Waals surface area contributed by atoms with Gasteiger partial charge in [-0.3, -0.25) is 9.89 Å². The third-order valence-corrected chi connectivity index (χ3v) is 8.24. The third kappa shape index (κ3) is 8.18. The summed E-state index contributed by atoms with van der Waals surface area (Å²) in [6.45, 7) is 16.6. The second-order valence-electron chi connectivity index (χ2n) is 11.8. The summed E-state index contributed by atoms with van der Waals surface area (Å²) in [6.07, 6.45) is 6.72. The molecule has 0 amide bonds. The molecule has 3 aromatic rings. The Morgan fingerprint density at radius 3 is 2.30 bits per heavy atom. The molecule has 1 atom stereocenters. The summed E-state index contributed by atoms with van der Waals surface area (Å²) in [5, 5.41) is 1.28. The van der Waals surface area contributed by atoms with Crippen molar-refractivity contribution in [2.24, 2.45) is 16.1 Å². The molecule has 2 aromatic heterocycles. The first-order chi connectivity index (χ1) is 19.0. The molecule has 0 radical (unpaired) electrons. The van der Waals surface area contributed by atoms with Crippen LogP contribution in [-0.2, 0) is 16.0 Å². The minimum Gasteiger partial charge on any atom is -0.388 e. The fourth-order valence-electron chi connectivity index (χ4n) is 5.46. The van der Waals surface area contributed by atoms with Gasteiger partial charge in [0.15, 0.2) is 5.79 Å². The van der Waals surface area contributed by atoms with E-state index in [1.807, 2.05) is 40.8 Å². The molecule has 222 valence electrons. The highest BCUT2D eigenvalue weighted by Crippen LogP contribution is 2.42. The largest absolute Gasteiger partial charge is 0.388 e. The van der Waals surface area contributed by atoms with Crippen LogP contribution in [0, 0.1) is 12.3 Å². The molecule has 8 nitrogen and oxygen atoms in total. The van der Waals surface area contributed by atoms with Gasteiger partial charge in [0.05, 0.1) is 19.0 Å². The van der Waals surface area contributed by atoms with Crippen LogP contribution in [0.4, 0.5) is 0 Å². The number of rotatable bonds is 5. The van der Waals surface area contributed by atoms with Gasteiger partial charge in [-0.1, -0.05) is 26.8 Å². The van der Waals surface area contributed by atoms with Crippen LogP contribution < -0.4 is 5.73 Å². The van der Waals surface area contributed by atoms with Gasteiger partial charge in [-0.15, -0.1) is 0 Å². The zero-order valence-electron chi connectivity index (χ0n) is 26.2. The number of nitrogens with two attached hydrogens (primary N) is 1. The van der Waals surface area contributed by atoms with E-state index >= 15 is 0 Å². The SMILES string of the molecule is CC.CN=C(C)N.Cc1ncc(C(C)c2cc3cc(CN(C)C4CCC5(CC4)COC(C)(C)OC5)ccc3[nH]2)[nH]1. The Labute approximate surface area is 241 Å². The quantitative estimate of drug-likeness (QED) is 0.247. The van der Waals surface area contributed by atoms with Crippen LogP contribution in [0.1, 0.15) is 95.9 Å². The Morgan fingerprint density at radius 1 is 1.12 bits per heavy atom. The lowest BCUT2D eigenvalue weighted by Crippen LogP contribution is -2.50.